The Hall–Kier alpha value is -1.95. The van der Waals surface area contributed by atoms with Gasteiger partial charge in [-0.15, -0.1) is 0 Å². The van der Waals surface area contributed by atoms with Crippen molar-refractivity contribution in [2.24, 2.45) is 4.99 Å². The van der Waals surface area contributed by atoms with Crippen LogP contribution in [0.4, 0.5) is 0 Å². The van der Waals surface area contributed by atoms with E-state index in [0.29, 0.717) is 4.75 Å². The maximum Gasteiger partial charge on any atom is 0.193 e. The molecule has 1 aromatic heterocycles. The van der Waals surface area contributed by atoms with Crippen molar-refractivity contribution in [2.45, 2.75) is 49.9 Å². The third-order valence-corrected chi connectivity index (χ3v) is 7.46. The summed E-state index contributed by atoms with van der Waals surface area (Å²) in [5.74, 6) is 2.26. The van der Waals surface area contributed by atoms with Crippen LogP contribution in [-0.4, -0.2) is 51.0 Å². The van der Waals surface area contributed by atoms with E-state index in [2.05, 4.69) is 60.8 Å². The smallest absolute Gasteiger partial charge is 0.193 e. The molecule has 150 valence electrons. The summed E-state index contributed by atoms with van der Waals surface area (Å²) in [5, 5.41) is 3.59. The van der Waals surface area contributed by atoms with Crippen LogP contribution in [-0.2, 0) is 13.1 Å². The Morgan fingerprint density at radius 2 is 1.96 bits per heavy atom. The molecule has 0 amide bonds. The number of nitrogens with one attached hydrogen (secondary N) is 1. The van der Waals surface area contributed by atoms with E-state index in [1.165, 1.54) is 49.0 Å². The SMILES string of the molecule is CN=C(NCc1ccc(Cn2ccnc2)cc1)N1CCSC2(CCCCC2)C1. The Labute approximate surface area is 172 Å². The molecule has 5 nitrogen and oxygen atoms in total. The standard InChI is InChI=1S/C22H31N5S/c1-23-21(27-13-14-28-22(17-27)9-3-2-4-10-22)25-15-19-5-7-20(8-6-19)16-26-12-11-24-18-26/h5-8,11-12,18H,2-4,9-10,13-17H2,1H3,(H,23,25). The van der Waals surface area contributed by atoms with Crippen molar-refractivity contribution in [1.29, 1.82) is 0 Å². The molecule has 0 unspecified atom stereocenters. The molecule has 1 saturated carbocycles. The number of rotatable bonds is 4. The molecule has 2 aliphatic rings. The lowest BCUT2D eigenvalue weighted by Crippen LogP contribution is -2.53. The molecule has 1 N–H and O–H groups in total. The minimum absolute atomic E-state index is 0.461. The van der Waals surface area contributed by atoms with Gasteiger partial charge in [0.15, 0.2) is 5.96 Å². The van der Waals surface area contributed by atoms with Gasteiger partial charge in [-0.3, -0.25) is 4.99 Å². The van der Waals surface area contributed by atoms with Crippen LogP contribution in [0.25, 0.3) is 0 Å². The van der Waals surface area contributed by atoms with Crippen LogP contribution in [0.2, 0.25) is 0 Å². The highest BCUT2D eigenvalue weighted by atomic mass is 32.2. The summed E-state index contributed by atoms with van der Waals surface area (Å²) >= 11 is 2.20. The molecule has 0 bridgehead atoms. The molecule has 0 radical (unpaired) electrons. The van der Waals surface area contributed by atoms with Crippen molar-refractivity contribution >= 4 is 17.7 Å². The first-order valence-corrected chi connectivity index (χ1v) is 11.4. The molecule has 0 atom stereocenters. The fraction of sp³-hybridized carbons (Fsp3) is 0.545. The van der Waals surface area contributed by atoms with E-state index in [1.807, 2.05) is 25.8 Å². The number of aliphatic imine (C=N–C) groups is 1. The van der Waals surface area contributed by atoms with Gasteiger partial charge in [-0.05, 0) is 24.0 Å². The Kier molecular flexibility index (Phi) is 6.25. The van der Waals surface area contributed by atoms with Crippen LogP contribution in [0.5, 0.6) is 0 Å². The van der Waals surface area contributed by atoms with Crippen LogP contribution in [0.1, 0.15) is 43.2 Å². The van der Waals surface area contributed by atoms with E-state index in [0.717, 1.165) is 32.1 Å². The fourth-order valence-electron chi connectivity index (χ4n) is 4.39. The molecule has 1 spiro atoms. The van der Waals surface area contributed by atoms with Gasteiger partial charge < -0.3 is 14.8 Å². The average Bonchev–Trinajstić information content (AvgIpc) is 3.23. The van der Waals surface area contributed by atoms with Gasteiger partial charge in [0.1, 0.15) is 0 Å². The highest BCUT2D eigenvalue weighted by Gasteiger charge is 2.38. The lowest BCUT2D eigenvalue weighted by atomic mass is 9.87. The number of benzene rings is 1. The third-order valence-electron chi connectivity index (χ3n) is 5.92. The molecule has 28 heavy (non-hydrogen) atoms. The predicted octanol–water partition coefficient (Wildman–Crippen LogP) is 3.76. The molecule has 4 rings (SSSR count). The van der Waals surface area contributed by atoms with E-state index >= 15 is 0 Å². The molecular formula is C22H31N5S. The van der Waals surface area contributed by atoms with Crippen molar-refractivity contribution < 1.29 is 0 Å². The molecule has 2 aromatic rings. The predicted molar refractivity (Wildman–Crippen MR) is 118 cm³/mol. The number of imidazole rings is 1. The largest absolute Gasteiger partial charge is 0.352 e. The van der Waals surface area contributed by atoms with Crippen molar-refractivity contribution in [3.8, 4) is 0 Å². The van der Waals surface area contributed by atoms with Crippen LogP contribution in [0.3, 0.4) is 0 Å². The van der Waals surface area contributed by atoms with Gasteiger partial charge in [-0.2, -0.15) is 11.8 Å². The summed E-state index contributed by atoms with van der Waals surface area (Å²) in [6.07, 6.45) is 12.6. The van der Waals surface area contributed by atoms with Crippen molar-refractivity contribution in [2.75, 3.05) is 25.9 Å². The van der Waals surface area contributed by atoms with E-state index in [9.17, 15) is 0 Å². The van der Waals surface area contributed by atoms with E-state index in [1.54, 1.807) is 0 Å². The number of nitrogens with zero attached hydrogens (tertiary/aromatic N) is 4. The maximum atomic E-state index is 4.58. The molecule has 1 aliphatic carbocycles. The monoisotopic (exact) mass is 397 g/mol. The summed E-state index contributed by atoms with van der Waals surface area (Å²) < 4.78 is 2.55. The van der Waals surface area contributed by atoms with Crippen LogP contribution in [0, 0.1) is 0 Å². The first kappa shape index (κ1) is 19.4. The fourth-order valence-corrected chi connectivity index (χ4v) is 5.96. The lowest BCUT2D eigenvalue weighted by molar-refractivity contribution is 0.293. The Morgan fingerprint density at radius 3 is 2.68 bits per heavy atom. The first-order valence-electron chi connectivity index (χ1n) is 10.4. The van der Waals surface area contributed by atoms with Gasteiger partial charge in [0.25, 0.3) is 0 Å². The molecule has 6 heteroatoms. The second-order valence-corrected chi connectivity index (χ2v) is 9.53. The van der Waals surface area contributed by atoms with Gasteiger partial charge in [-0.1, -0.05) is 43.5 Å². The summed E-state index contributed by atoms with van der Waals surface area (Å²) in [5.41, 5.74) is 2.58. The number of hydrogen-bond acceptors (Lipinski definition) is 3. The summed E-state index contributed by atoms with van der Waals surface area (Å²) in [7, 11) is 1.91. The summed E-state index contributed by atoms with van der Waals surface area (Å²) in [6, 6.07) is 8.82. The van der Waals surface area contributed by atoms with E-state index < -0.39 is 0 Å². The Morgan fingerprint density at radius 1 is 1.18 bits per heavy atom. The molecular weight excluding hydrogens is 366 g/mol. The van der Waals surface area contributed by atoms with Crippen molar-refractivity contribution in [1.82, 2.24) is 19.8 Å². The maximum absolute atomic E-state index is 4.58. The number of aromatic nitrogens is 2. The van der Waals surface area contributed by atoms with E-state index in [-0.39, 0.29) is 0 Å². The molecule has 1 saturated heterocycles. The highest BCUT2D eigenvalue weighted by Crippen LogP contribution is 2.42. The second kappa shape index (κ2) is 9.03. The van der Waals surface area contributed by atoms with Crippen LogP contribution < -0.4 is 5.32 Å². The summed E-state index contributed by atoms with van der Waals surface area (Å²) in [4.78, 5) is 11.2. The Balaban J connectivity index is 1.32. The zero-order valence-corrected chi connectivity index (χ0v) is 17.6. The van der Waals surface area contributed by atoms with Crippen LogP contribution in [0.15, 0.2) is 48.0 Å². The quantitative estimate of drug-likeness (QED) is 0.630. The third kappa shape index (κ3) is 4.72. The van der Waals surface area contributed by atoms with Gasteiger partial charge in [0, 0.05) is 56.1 Å². The normalized spacial score (nSPS) is 19.8. The minimum Gasteiger partial charge on any atom is -0.352 e. The minimum atomic E-state index is 0.461. The van der Waals surface area contributed by atoms with Crippen LogP contribution >= 0.6 is 11.8 Å². The number of thioether (sulfide) groups is 1. The van der Waals surface area contributed by atoms with Crippen molar-refractivity contribution in [3.05, 3.63) is 54.1 Å². The molecule has 2 fully saturated rings. The first-order chi connectivity index (χ1) is 13.8. The van der Waals surface area contributed by atoms with Crippen molar-refractivity contribution in [3.63, 3.8) is 0 Å². The zero-order chi connectivity index (χ0) is 19.2. The molecule has 2 heterocycles. The average molecular weight is 398 g/mol. The lowest BCUT2D eigenvalue weighted by Gasteiger charge is -2.45. The second-order valence-electron chi connectivity index (χ2n) is 7.97. The molecule has 1 aromatic carbocycles. The molecule has 1 aliphatic heterocycles. The highest BCUT2D eigenvalue weighted by molar-refractivity contribution is 8.00. The zero-order valence-electron chi connectivity index (χ0n) is 16.8. The topological polar surface area (TPSA) is 45.5 Å². The van der Waals surface area contributed by atoms with Gasteiger partial charge >= 0.3 is 0 Å². The number of guanidine groups is 1. The van der Waals surface area contributed by atoms with E-state index in [4.69, 9.17) is 0 Å². The van der Waals surface area contributed by atoms with Gasteiger partial charge in [0.2, 0.25) is 0 Å². The van der Waals surface area contributed by atoms with Gasteiger partial charge in [-0.25, -0.2) is 4.98 Å². The summed E-state index contributed by atoms with van der Waals surface area (Å²) in [6.45, 7) is 3.91. The Bertz CT molecular complexity index is 757. The van der Waals surface area contributed by atoms with Gasteiger partial charge in [0.05, 0.1) is 6.33 Å². The number of hydrogen-bond donors (Lipinski definition) is 1.